The monoisotopic (exact) mass is 295 g/mol. The molecule has 0 aliphatic heterocycles. The van der Waals surface area contributed by atoms with Crippen molar-refractivity contribution in [3.63, 3.8) is 0 Å². The van der Waals surface area contributed by atoms with Crippen molar-refractivity contribution in [2.75, 3.05) is 13.2 Å². The molecule has 20 heavy (non-hydrogen) atoms. The van der Waals surface area contributed by atoms with Crippen LogP contribution >= 0.6 is 11.3 Å². The van der Waals surface area contributed by atoms with Crippen molar-refractivity contribution < 1.29 is 4.74 Å². The lowest BCUT2D eigenvalue weighted by Crippen LogP contribution is -2.42. The highest BCUT2D eigenvalue weighted by atomic mass is 32.1. The van der Waals surface area contributed by atoms with Crippen molar-refractivity contribution in [3.8, 4) is 0 Å². The lowest BCUT2D eigenvalue weighted by Gasteiger charge is -2.31. The summed E-state index contributed by atoms with van der Waals surface area (Å²) in [6.07, 6.45) is 5.53. The molecule has 114 valence electrons. The topological polar surface area (TPSA) is 21.3 Å². The van der Waals surface area contributed by atoms with E-state index in [1.54, 1.807) is 0 Å². The van der Waals surface area contributed by atoms with Gasteiger partial charge in [-0.05, 0) is 43.0 Å². The Morgan fingerprint density at radius 1 is 1.35 bits per heavy atom. The van der Waals surface area contributed by atoms with E-state index >= 15 is 0 Å². The van der Waals surface area contributed by atoms with E-state index in [1.165, 1.54) is 30.6 Å². The molecule has 0 spiro atoms. The third-order valence-corrected chi connectivity index (χ3v) is 5.38. The van der Waals surface area contributed by atoms with Crippen LogP contribution in [0.15, 0.2) is 17.5 Å². The Morgan fingerprint density at radius 3 is 2.65 bits per heavy atom. The van der Waals surface area contributed by atoms with Gasteiger partial charge in [-0.2, -0.15) is 0 Å². The number of ether oxygens (including phenoxy) is 1. The first-order chi connectivity index (χ1) is 9.72. The Morgan fingerprint density at radius 2 is 2.10 bits per heavy atom. The molecule has 0 bridgehead atoms. The van der Waals surface area contributed by atoms with Gasteiger partial charge in [-0.3, -0.25) is 0 Å². The van der Waals surface area contributed by atoms with Crippen LogP contribution in [0.2, 0.25) is 0 Å². The molecule has 0 radical (unpaired) electrons. The summed E-state index contributed by atoms with van der Waals surface area (Å²) in [6.45, 7) is 8.28. The van der Waals surface area contributed by atoms with Gasteiger partial charge in [-0.15, -0.1) is 11.3 Å². The number of rotatable bonds is 8. The highest BCUT2D eigenvalue weighted by Gasteiger charge is 2.29. The molecule has 1 aliphatic rings. The predicted molar refractivity (Wildman–Crippen MR) is 87.3 cm³/mol. The quantitative estimate of drug-likeness (QED) is 0.755. The summed E-state index contributed by atoms with van der Waals surface area (Å²) in [5, 5.41) is 6.12. The molecule has 0 amide bonds. The minimum absolute atomic E-state index is 0.447. The highest BCUT2D eigenvalue weighted by molar-refractivity contribution is 7.10. The molecular weight excluding hydrogens is 266 g/mol. The Labute approximate surface area is 127 Å². The van der Waals surface area contributed by atoms with Crippen LogP contribution < -0.4 is 5.32 Å². The van der Waals surface area contributed by atoms with Gasteiger partial charge in [-0.25, -0.2) is 0 Å². The molecule has 2 unspecified atom stereocenters. The average Bonchev–Trinajstić information content (AvgIpc) is 3.12. The molecular formula is C17H29NOS. The number of hydrogen-bond donors (Lipinski definition) is 1. The maximum Gasteiger partial charge on any atom is 0.0622 e. The van der Waals surface area contributed by atoms with Crippen molar-refractivity contribution in [1.82, 2.24) is 5.32 Å². The van der Waals surface area contributed by atoms with Crippen LogP contribution in [0.5, 0.6) is 0 Å². The molecule has 1 fully saturated rings. The molecule has 1 heterocycles. The number of thiophene rings is 1. The van der Waals surface area contributed by atoms with E-state index in [0.717, 1.165) is 19.1 Å². The first kappa shape index (κ1) is 16.0. The number of hydrogen-bond acceptors (Lipinski definition) is 3. The van der Waals surface area contributed by atoms with E-state index in [4.69, 9.17) is 4.74 Å². The summed E-state index contributed by atoms with van der Waals surface area (Å²) in [5.41, 5.74) is 0. The van der Waals surface area contributed by atoms with Crippen LogP contribution in [0.25, 0.3) is 0 Å². The molecule has 1 aromatic heterocycles. The molecule has 0 saturated heterocycles. The lowest BCUT2D eigenvalue weighted by molar-refractivity contribution is 0.0989. The zero-order chi connectivity index (χ0) is 14.4. The van der Waals surface area contributed by atoms with E-state index in [2.05, 4.69) is 43.6 Å². The fourth-order valence-electron chi connectivity index (χ4n) is 3.12. The van der Waals surface area contributed by atoms with Crippen LogP contribution in [0.4, 0.5) is 0 Å². The zero-order valence-corrected chi connectivity index (χ0v) is 13.9. The second-order valence-electron chi connectivity index (χ2n) is 6.21. The maximum atomic E-state index is 5.68. The minimum atomic E-state index is 0.447. The standard InChI is InChI=1S/C17H29NOS/c1-4-19-12-15(13(2)3)18-17(14-8-5-6-9-14)16-10-7-11-20-16/h7,10-11,13-15,17-18H,4-6,8-9,12H2,1-3H3. The van der Waals surface area contributed by atoms with Gasteiger partial charge >= 0.3 is 0 Å². The van der Waals surface area contributed by atoms with Gasteiger partial charge in [0.25, 0.3) is 0 Å². The van der Waals surface area contributed by atoms with Crippen LogP contribution in [-0.4, -0.2) is 19.3 Å². The second kappa shape index (κ2) is 8.16. The van der Waals surface area contributed by atoms with E-state index < -0.39 is 0 Å². The van der Waals surface area contributed by atoms with Crippen LogP contribution in [0.3, 0.4) is 0 Å². The van der Waals surface area contributed by atoms with Crippen LogP contribution in [0, 0.1) is 11.8 Å². The van der Waals surface area contributed by atoms with Gasteiger partial charge in [0.05, 0.1) is 6.61 Å². The third-order valence-electron chi connectivity index (χ3n) is 4.42. The Balaban J connectivity index is 2.05. The largest absolute Gasteiger partial charge is 0.380 e. The number of nitrogens with one attached hydrogen (secondary N) is 1. The van der Waals surface area contributed by atoms with Gasteiger partial charge in [0.1, 0.15) is 0 Å². The molecule has 1 N–H and O–H groups in total. The van der Waals surface area contributed by atoms with Crippen molar-refractivity contribution in [2.45, 2.75) is 58.5 Å². The van der Waals surface area contributed by atoms with Gasteiger partial charge < -0.3 is 10.1 Å². The normalized spacial score (nSPS) is 19.6. The summed E-state index contributed by atoms with van der Waals surface area (Å²) in [4.78, 5) is 1.50. The summed E-state index contributed by atoms with van der Waals surface area (Å²) >= 11 is 1.89. The summed E-state index contributed by atoms with van der Waals surface area (Å²) in [5.74, 6) is 1.40. The molecule has 2 atom stereocenters. The maximum absolute atomic E-state index is 5.68. The molecule has 0 aromatic carbocycles. The Kier molecular flexibility index (Phi) is 6.53. The van der Waals surface area contributed by atoms with E-state index in [-0.39, 0.29) is 0 Å². The Bertz CT molecular complexity index is 357. The zero-order valence-electron chi connectivity index (χ0n) is 13.1. The molecule has 1 saturated carbocycles. The molecule has 2 rings (SSSR count). The Hall–Kier alpha value is -0.380. The highest BCUT2D eigenvalue weighted by Crippen LogP contribution is 2.37. The van der Waals surface area contributed by atoms with Gasteiger partial charge in [0.15, 0.2) is 0 Å². The van der Waals surface area contributed by atoms with Gasteiger partial charge in [-0.1, -0.05) is 32.8 Å². The van der Waals surface area contributed by atoms with E-state index in [9.17, 15) is 0 Å². The fourth-order valence-corrected chi connectivity index (χ4v) is 4.00. The summed E-state index contributed by atoms with van der Waals surface area (Å²) in [7, 11) is 0. The fraction of sp³-hybridized carbons (Fsp3) is 0.765. The smallest absolute Gasteiger partial charge is 0.0622 e. The lowest BCUT2D eigenvalue weighted by atomic mass is 9.94. The first-order valence-corrected chi connectivity index (χ1v) is 8.97. The van der Waals surface area contributed by atoms with Gasteiger partial charge in [0, 0.05) is 23.6 Å². The van der Waals surface area contributed by atoms with E-state index in [0.29, 0.717) is 18.0 Å². The first-order valence-electron chi connectivity index (χ1n) is 8.09. The van der Waals surface area contributed by atoms with E-state index in [1.807, 2.05) is 11.3 Å². The van der Waals surface area contributed by atoms with Crippen LogP contribution in [0.1, 0.15) is 57.4 Å². The summed E-state index contributed by atoms with van der Waals surface area (Å²) in [6, 6.07) is 5.43. The minimum Gasteiger partial charge on any atom is -0.380 e. The summed E-state index contributed by atoms with van der Waals surface area (Å²) < 4.78 is 5.68. The predicted octanol–water partition coefficient (Wildman–Crippen LogP) is 4.63. The van der Waals surface area contributed by atoms with Crippen molar-refractivity contribution in [2.24, 2.45) is 11.8 Å². The third kappa shape index (κ3) is 4.31. The molecule has 1 aliphatic carbocycles. The molecule has 2 nitrogen and oxygen atoms in total. The van der Waals surface area contributed by atoms with Crippen molar-refractivity contribution >= 4 is 11.3 Å². The average molecular weight is 295 g/mol. The molecule has 1 aromatic rings. The van der Waals surface area contributed by atoms with Gasteiger partial charge in [0.2, 0.25) is 0 Å². The molecule has 3 heteroatoms. The SMILES string of the molecule is CCOCC(NC(c1cccs1)C1CCCC1)C(C)C. The second-order valence-corrected chi connectivity index (χ2v) is 7.19. The van der Waals surface area contributed by atoms with Crippen LogP contribution in [-0.2, 0) is 4.74 Å². The van der Waals surface area contributed by atoms with Crippen molar-refractivity contribution in [3.05, 3.63) is 22.4 Å². The van der Waals surface area contributed by atoms with Crippen molar-refractivity contribution in [1.29, 1.82) is 0 Å².